The minimum atomic E-state index is -3.42. The first-order chi connectivity index (χ1) is 12.0. The first-order valence-electron chi connectivity index (χ1n) is 9.35. The van der Waals surface area contributed by atoms with Gasteiger partial charge in [0.15, 0.2) is 0 Å². The van der Waals surface area contributed by atoms with Crippen LogP contribution in [0.25, 0.3) is 0 Å². The standard InChI is InChI=1S/C18H32N4O2S/c1-3-21(4-2)12-8-11-20-18-15-16(9-10-17(18)19)25(23,24)22-13-6-5-7-14-22/h9-10,15,20H,3-8,11-14,19H2,1-2H3. The normalized spacial score (nSPS) is 16.3. The van der Waals surface area contributed by atoms with Crippen molar-refractivity contribution in [1.29, 1.82) is 0 Å². The number of nitrogen functional groups attached to an aromatic ring is 1. The van der Waals surface area contributed by atoms with Crippen LogP contribution in [0, 0.1) is 0 Å². The Hall–Kier alpha value is -1.31. The lowest BCUT2D eigenvalue weighted by atomic mass is 10.2. The van der Waals surface area contributed by atoms with Crippen LogP contribution in [-0.2, 0) is 10.0 Å². The molecule has 1 aliphatic rings. The van der Waals surface area contributed by atoms with Crippen LogP contribution >= 0.6 is 0 Å². The summed E-state index contributed by atoms with van der Waals surface area (Å²) in [5.41, 5.74) is 7.31. The summed E-state index contributed by atoms with van der Waals surface area (Å²) in [7, 11) is -3.42. The molecule has 142 valence electrons. The predicted molar refractivity (Wildman–Crippen MR) is 104 cm³/mol. The van der Waals surface area contributed by atoms with E-state index in [2.05, 4.69) is 24.1 Å². The third kappa shape index (κ3) is 5.33. The molecule has 0 bridgehead atoms. The van der Waals surface area contributed by atoms with E-state index in [4.69, 9.17) is 5.73 Å². The average molecular weight is 369 g/mol. The third-order valence-corrected chi connectivity index (χ3v) is 6.73. The zero-order valence-electron chi connectivity index (χ0n) is 15.5. The van der Waals surface area contributed by atoms with E-state index < -0.39 is 10.0 Å². The fourth-order valence-corrected chi connectivity index (χ4v) is 4.71. The van der Waals surface area contributed by atoms with Crippen molar-refractivity contribution in [2.24, 2.45) is 0 Å². The largest absolute Gasteiger partial charge is 0.397 e. The minimum absolute atomic E-state index is 0.329. The molecule has 0 atom stereocenters. The lowest BCUT2D eigenvalue weighted by Gasteiger charge is -2.26. The van der Waals surface area contributed by atoms with E-state index in [0.717, 1.165) is 51.9 Å². The predicted octanol–water partition coefficient (Wildman–Crippen LogP) is 2.59. The van der Waals surface area contributed by atoms with Crippen LogP contribution in [0.1, 0.15) is 39.5 Å². The maximum atomic E-state index is 12.8. The number of hydrogen-bond donors (Lipinski definition) is 2. The van der Waals surface area contributed by atoms with Crippen LogP contribution in [0.2, 0.25) is 0 Å². The summed E-state index contributed by atoms with van der Waals surface area (Å²) in [5.74, 6) is 0. The summed E-state index contributed by atoms with van der Waals surface area (Å²) in [6.07, 6.45) is 3.96. The van der Waals surface area contributed by atoms with Crippen molar-refractivity contribution in [3.8, 4) is 0 Å². The van der Waals surface area contributed by atoms with Gasteiger partial charge in [-0.15, -0.1) is 0 Å². The molecule has 1 fully saturated rings. The summed E-state index contributed by atoms with van der Waals surface area (Å²) in [6.45, 7) is 9.41. The summed E-state index contributed by atoms with van der Waals surface area (Å²) < 4.78 is 27.2. The molecule has 1 heterocycles. The van der Waals surface area contributed by atoms with Crippen LogP contribution in [0.15, 0.2) is 23.1 Å². The molecule has 25 heavy (non-hydrogen) atoms. The molecule has 2 rings (SSSR count). The number of benzene rings is 1. The van der Waals surface area contributed by atoms with E-state index in [0.29, 0.717) is 29.4 Å². The number of nitrogens with one attached hydrogen (secondary N) is 1. The molecular formula is C18H32N4O2S. The highest BCUT2D eigenvalue weighted by Crippen LogP contribution is 2.26. The lowest BCUT2D eigenvalue weighted by molar-refractivity contribution is 0.303. The molecule has 0 saturated carbocycles. The molecule has 0 unspecified atom stereocenters. The van der Waals surface area contributed by atoms with Gasteiger partial charge in [0, 0.05) is 19.6 Å². The van der Waals surface area contributed by atoms with Crippen LogP contribution in [0.4, 0.5) is 11.4 Å². The van der Waals surface area contributed by atoms with Gasteiger partial charge in [-0.2, -0.15) is 4.31 Å². The van der Waals surface area contributed by atoms with E-state index in [-0.39, 0.29) is 0 Å². The molecular weight excluding hydrogens is 336 g/mol. The van der Waals surface area contributed by atoms with Gasteiger partial charge in [0.25, 0.3) is 0 Å². The molecule has 0 radical (unpaired) electrons. The second kappa shape index (κ2) is 9.40. The highest BCUT2D eigenvalue weighted by molar-refractivity contribution is 7.89. The van der Waals surface area contributed by atoms with Gasteiger partial charge in [0.1, 0.15) is 0 Å². The van der Waals surface area contributed by atoms with Gasteiger partial charge in [-0.3, -0.25) is 0 Å². The van der Waals surface area contributed by atoms with Gasteiger partial charge < -0.3 is 16.0 Å². The Balaban J connectivity index is 2.01. The van der Waals surface area contributed by atoms with Crippen molar-refractivity contribution < 1.29 is 8.42 Å². The van der Waals surface area contributed by atoms with Gasteiger partial charge >= 0.3 is 0 Å². The first kappa shape index (κ1) is 20.0. The van der Waals surface area contributed by atoms with Crippen molar-refractivity contribution in [2.75, 3.05) is 50.3 Å². The molecule has 1 saturated heterocycles. The number of sulfonamides is 1. The molecule has 0 spiro atoms. The summed E-state index contributed by atoms with van der Waals surface area (Å²) in [5, 5.41) is 3.30. The molecule has 1 aliphatic heterocycles. The number of anilines is 2. The van der Waals surface area contributed by atoms with E-state index in [1.54, 1.807) is 22.5 Å². The molecule has 0 aliphatic carbocycles. The van der Waals surface area contributed by atoms with Gasteiger partial charge in [0.2, 0.25) is 10.0 Å². The Bertz CT molecular complexity index is 638. The van der Waals surface area contributed by atoms with Crippen LogP contribution in [0.5, 0.6) is 0 Å². The van der Waals surface area contributed by atoms with E-state index in [1.807, 2.05) is 0 Å². The van der Waals surface area contributed by atoms with Gasteiger partial charge in [0.05, 0.1) is 16.3 Å². The van der Waals surface area contributed by atoms with E-state index in [9.17, 15) is 8.42 Å². The molecule has 0 aromatic heterocycles. The fraction of sp³-hybridized carbons (Fsp3) is 0.667. The third-order valence-electron chi connectivity index (χ3n) is 4.84. The SMILES string of the molecule is CCN(CC)CCCNc1cc(S(=O)(=O)N2CCCCC2)ccc1N. The Morgan fingerprint density at radius 1 is 1.16 bits per heavy atom. The van der Waals surface area contributed by atoms with Crippen molar-refractivity contribution in [3.05, 3.63) is 18.2 Å². The quantitative estimate of drug-likeness (QED) is 0.517. The molecule has 0 amide bonds. The van der Waals surface area contributed by atoms with Crippen LogP contribution < -0.4 is 11.1 Å². The average Bonchev–Trinajstić information content (AvgIpc) is 2.63. The van der Waals surface area contributed by atoms with Crippen LogP contribution in [-0.4, -0.2) is 56.9 Å². The second-order valence-electron chi connectivity index (χ2n) is 6.52. The fourth-order valence-electron chi connectivity index (χ4n) is 3.17. The highest BCUT2D eigenvalue weighted by Gasteiger charge is 2.26. The van der Waals surface area contributed by atoms with E-state index >= 15 is 0 Å². The zero-order chi connectivity index (χ0) is 18.3. The van der Waals surface area contributed by atoms with Crippen molar-refractivity contribution in [1.82, 2.24) is 9.21 Å². The highest BCUT2D eigenvalue weighted by atomic mass is 32.2. The van der Waals surface area contributed by atoms with Crippen LogP contribution in [0.3, 0.4) is 0 Å². The number of hydrogen-bond acceptors (Lipinski definition) is 5. The van der Waals surface area contributed by atoms with E-state index in [1.165, 1.54) is 0 Å². The van der Waals surface area contributed by atoms with Crippen molar-refractivity contribution >= 4 is 21.4 Å². The number of nitrogens with two attached hydrogens (primary N) is 1. The van der Waals surface area contributed by atoms with Gasteiger partial charge in [-0.05, 0) is 57.1 Å². The lowest BCUT2D eigenvalue weighted by Crippen LogP contribution is -2.35. The number of rotatable bonds is 9. The molecule has 7 heteroatoms. The number of piperidine rings is 1. The topological polar surface area (TPSA) is 78.7 Å². The second-order valence-corrected chi connectivity index (χ2v) is 8.46. The molecule has 1 aromatic rings. The zero-order valence-corrected chi connectivity index (χ0v) is 16.3. The molecule has 6 nitrogen and oxygen atoms in total. The number of nitrogens with zero attached hydrogens (tertiary/aromatic N) is 2. The Kier molecular flexibility index (Phi) is 7.53. The van der Waals surface area contributed by atoms with Gasteiger partial charge in [-0.1, -0.05) is 20.3 Å². The Labute approximate surface area is 152 Å². The maximum absolute atomic E-state index is 12.8. The Morgan fingerprint density at radius 3 is 2.48 bits per heavy atom. The maximum Gasteiger partial charge on any atom is 0.243 e. The summed E-state index contributed by atoms with van der Waals surface area (Å²) in [4.78, 5) is 2.69. The van der Waals surface area contributed by atoms with Crippen molar-refractivity contribution in [2.45, 2.75) is 44.4 Å². The monoisotopic (exact) mass is 368 g/mol. The smallest absolute Gasteiger partial charge is 0.243 e. The summed E-state index contributed by atoms with van der Waals surface area (Å²) >= 11 is 0. The van der Waals surface area contributed by atoms with Gasteiger partial charge in [-0.25, -0.2) is 8.42 Å². The first-order valence-corrected chi connectivity index (χ1v) is 10.8. The van der Waals surface area contributed by atoms with Crippen molar-refractivity contribution in [3.63, 3.8) is 0 Å². The minimum Gasteiger partial charge on any atom is -0.397 e. The Morgan fingerprint density at radius 2 is 1.84 bits per heavy atom. The summed E-state index contributed by atoms with van der Waals surface area (Å²) in [6, 6.07) is 4.97. The molecule has 1 aromatic carbocycles. The molecule has 3 N–H and O–H groups in total.